The molecule has 2 N–H and O–H groups in total. The van der Waals surface area contributed by atoms with E-state index in [9.17, 15) is 8.42 Å². The first-order valence-corrected chi connectivity index (χ1v) is 8.21. The van der Waals surface area contributed by atoms with E-state index in [4.69, 9.17) is 14.6 Å². The number of fused-ring (bicyclic) bond motifs is 1. The monoisotopic (exact) mass is 308 g/mol. The van der Waals surface area contributed by atoms with Crippen molar-refractivity contribution in [3.63, 3.8) is 0 Å². The van der Waals surface area contributed by atoms with Crippen LogP contribution in [-0.4, -0.2) is 33.2 Å². The first-order valence-electron chi connectivity index (χ1n) is 6.67. The number of benzene rings is 1. The Morgan fingerprint density at radius 3 is 2.95 bits per heavy atom. The van der Waals surface area contributed by atoms with Gasteiger partial charge in [0.25, 0.3) is 0 Å². The van der Waals surface area contributed by atoms with E-state index >= 15 is 0 Å². The normalized spacial score (nSPS) is 19.0. The molecule has 21 heavy (non-hydrogen) atoms. The number of primary sulfonamides is 1. The van der Waals surface area contributed by atoms with Gasteiger partial charge in [-0.15, -0.1) is 0 Å². The van der Waals surface area contributed by atoms with Crippen molar-refractivity contribution in [1.82, 2.24) is 4.98 Å². The topological polar surface area (TPSA) is 91.5 Å². The highest BCUT2D eigenvalue weighted by Crippen LogP contribution is 2.29. The predicted octanol–water partition coefficient (Wildman–Crippen LogP) is 1.30. The molecule has 0 saturated carbocycles. The standard InChI is InChI=1S/C14H16N2O4S/c15-21(17,18)13-4-3-12(11-2-1-6-16-14(11)13)20-9-10-5-7-19-8-10/h1-4,6,10H,5,7-9H2,(H2,15,17,18). The van der Waals surface area contributed by atoms with Gasteiger partial charge in [-0.25, -0.2) is 13.6 Å². The molecule has 0 aliphatic carbocycles. The van der Waals surface area contributed by atoms with Crippen molar-refractivity contribution in [3.05, 3.63) is 30.5 Å². The number of rotatable bonds is 4. The van der Waals surface area contributed by atoms with Gasteiger partial charge in [-0.1, -0.05) is 0 Å². The zero-order chi connectivity index (χ0) is 14.9. The molecule has 1 aliphatic rings. The molecule has 3 rings (SSSR count). The minimum atomic E-state index is -3.81. The van der Waals surface area contributed by atoms with Gasteiger partial charge in [0.1, 0.15) is 10.6 Å². The zero-order valence-corrected chi connectivity index (χ0v) is 12.2. The summed E-state index contributed by atoms with van der Waals surface area (Å²) in [5.74, 6) is 0.979. The maximum Gasteiger partial charge on any atom is 0.240 e. The summed E-state index contributed by atoms with van der Waals surface area (Å²) in [6.45, 7) is 2.00. The summed E-state index contributed by atoms with van der Waals surface area (Å²) in [5, 5.41) is 5.86. The van der Waals surface area contributed by atoms with Crippen LogP contribution in [0.4, 0.5) is 0 Å². The molecule has 0 amide bonds. The minimum Gasteiger partial charge on any atom is -0.493 e. The lowest BCUT2D eigenvalue weighted by Gasteiger charge is -2.13. The summed E-state index contributed by atoms with van der Waals surface area (Å²) >= 11 is 0. The van der Waals surface area contributed by atoms with Crippen LogP contribution < -0.4 is 9.88 Å². The van der Waals surface area contributed by atoms with Crippen LogP contribution in [0.3, 0.4) is 0 Å². The third-order valence-electron chi connectivity index (χ3n) is 3.50. The summed E-state index contributed by atoms with van der Waals surface area (Å²) in [6.07, 6.45) is 2.51. The molecule has 0 bridgehead atoms. The van der Waals surface area contributed by atoms with Crippen molar-refractivity contribution in [2.75, 3.05) is 19.8 Å². The van der Waals surface area contributed by atoms with Gasteiger partial charge in [-0.2, -0.15) is 0 Å². The van der Waals surface area contributed by atoms with Gasteiger partial charge < -0.3 is 9.47 Å². The number of nitrogens with two attached hydrogens (primary N) is 1. The molecule has 1 aromatic heterocycles. The first kappa shape index (κ1) is 14.2. The fraction of sp³-hybridized carbons (Fsp3) is 0.357. The average molecular weight is 308 g/mol. The average Bonchev–Trinajstić information content (AvgIpc) is 2.96. The Morgan fingerprint density at radius 2 is 2.24 bits per heavy atom. The third kappa shape index (κ3) is 2.99. The second-order valence-electron chi connectivity index (χ2n) is 5.05. The number of hydrogen-bond donors (Lipinski definition) is 1. The first-order chi connectivity index (χ1) is 10.1. The molecule has 1 unspecified atom stereocenters. The van der Waals surface area contributed by atoms with Crippen LogP contribution in [0.25, 0.3) is 10.9 Å². The van der Waals surface area contributed by atoms with Crippen molar-refractivity contribution in [1.29, 1.82) is 0 Å². The smallest absolute Gasteiger partial charge is 0.240 e. The Kier molecular flexibility index (Phi) is 3.79. The highest BCUT2D eigenvalue weighted by molar-refractivity contribution is 7.89. The Bertz CT molecular complexity index is 755. The number of nitrogens with zero attached hydrogens (tertiary/aromatic N) is 1. The summed E-state index contributed by atoms with van der Waals surface area (Å²) in [4.78, 5) is 4.13. The molecular weight excluding hydrogens is 292 g/mol. The van der Waals surface area contributed by atoms with Crippen LogP contribution in [-0.2, 0) is 14.8 Å². The van der Waals surface area contributed by atoms with Gasteiger partial charge in [-0.3, -0.25) is 4.98 Å². The second-order valence-corrected chi connectivity index (χ2v) is 6.58. The van der Waals surface area contributed by atoms with Crippen molar-refractivity contribution >= 4 is 20.9 Å². The van der Waals surface area contributed by atoms with Crippen molar-refractivity contribution in [2.45, 2.75) is 11.3 Å². The van der Waals surface area contributed by atoms with E-state index in [1.165, 1.54) is 12.3 Å². The molecule has 1 fully saturated rings. The number of ether oxygens (including phenoxy) is 2. The van der Waals surface area contributed by atoms with E-state index < -0.39 is 10.0 Å². The van der Waals surface area contributed by atoms with E-state index in [1.54, 1.807) is 18.2 Å². The van der Waals surface area contributed by atoms with Crippen LogP contribution in [0, 0.1) is 5.92 Å². The van der Waals surface area contributed by atoms with Crippen LogP contribution in [0.2, 0.25) is 0 Å². The van der Waals surface area contributed by atoms with E-state index in [0.717, 1.165) is 13.0 Å². The molecule has 2 heterocycles. The largest absolute Gasteiger partial charge is 0.493 e. The third-order valence-corrected chi connectivity index (χ3v) is 4.44. The van der Waals surface area contributed by atoms with Gasteiger partial charge in [0, 0.05) is 24.1 Å². The lowest BCUT2D eigenvalue weighted by atomic mass is 10.1. The van der Waals surface area contributed by atoms with Gasteiger partial charge in [0.15, 0.2) is 0 Å². The summed E-state index contributed by atoms with van der Waals surface area (Å²) in [6, 6.07) is 6.57. The van der Waals surface area contributed by atoms with Gasteiger partial charge in [0.05, 0.1) is 18.7 Å². The summed E-state index contributed by atoms with van der Waals surface area (Å²) < 4.78 is 34.3. The fourth-order valence-electron chi connectivity index (χ4n) is 2.40. The van der Waals surface area contributed by atoms with E-state index in [2.05, 4.69) is 4.98 Å². The predicted molar refractivity (Wildman–Crippen MR) is 77.5 cm³/mol. The molecule has 7 heteroatoms. The highest BCUT2D eigenvalue weighted by atomic mass is 32.2. The summed E-state index contributed by atoms with van der Waals surface area (Å²) in [7, 11) is -3.81. The molecule has 1 saturated heterocycles. The lowest BCUT2D eigenvalue weighted by Crippen LogP contribution is -2.14. The van der Waals surface area contributed by atoms with Crippen LogP contribution in [0.1, 0.15) is 6.42 Å². The number of aromatic nitrogens is 1. The van der Waals surface area contributed by atoms with Crippen molar-refractivity contribution in [3.8, 4) is 5.75 Å². The second kappa shape index (κ2) is 5.59. The van der Waals surface area contributed by atoms with Crippen LogP contribution in [0.5, 0.6) is 5.75 Å². The molecule has 1 aromatic carbocycles. The summed E-state index contributed by atoms with van der Waals surface area (Å²) in [5.41, 5.74) is 0.333. The van der Waals surface area contributed by atoms with E-state index in [-0.39, 0.29) is 4.90 Å². The molecule has 1 atom stereocenters. The van der Waals surface area contributed by atoms with Crippen LogP contribution >= 0.6 is 0 Å². The fourth-order valence-corrected chi connectivity index (χ4v) is 3.09. The quantitative estimate of drug-likeness (QED) is 0.919. The SMILES string of the molecule is NS(=O)(=O)c1ccc(OCC2CCOC2)c2cccnc12. The van der Waals surface area contributed by atoms with Gasteiger partial charge in [0.2, 0.25) is 10.0 Å². The zero-order valence-electron chi connectivity index (χ0n) is 11.4. The number of sulfonamides is 1. The minimum absolute atomic E-state index is 0.00893. The maximum atomic E-state index is 11.6. The molecule has 0 spiro atoms. The van der Waals surface area contributed by atoms with Crippen molar-refractivity contribution < 1.29 is 17.9 Å². The molecule has 112 valence electrons. The molecule has 2 aromatic rings. The van der Waals surface area contributed by atoms with Gasteiger partial charge in [-0.05, 0) is 30.7 Å². The van der Waals surface area contributed by atoms with Crippen LogP contribution in [0.15, 0.2) is 35.4 Å². The lowest BCUT2D eigenvalue weighted by molar-refractivity contribution is 0.167. The number of pyridine rings is 1. The highest BCUT2D eigenvalue weighted by Gasteiger charge is 2.19. The molecule has 6 nitrogen and oxygen atoms in total. The van der Waals surface area contributed by atoms with E-state index in [0.29, 0.717) is 35.8 Å². The molecular formula is C14H16N2O4S. The Labute approximate surface area is 122 Å². The molecule has 1 aliphatic heterocycles. The molecule has 0 radical (unpaired) electrons. The number of hydrogen-bond acceptors (Lipinski definition) is 5. The Hall–Kier alpha value is -1.70. The van der Waals surface area contributed by atoms with Gasteiger partial charge >= 0.3 is 0 Å². The Morgan fingerprint density at radius 1 is 1.38 bits per heavy atom. The Balaban J connectivity index is 1.96. The maximum absolute atomic E-state index is 11.6. The van der Waals surface area contributed by atoms with E-state index in [1.807, 2.05) is 0 Å². The van der Waals surface area contributed by atoms with Crippen molar-refractivity contribution in [2.24, 2.45) is 11.1 Å².